The van der Waals surface area contributed by atoms with Crippen molar-refractivity contribution in [3.8, 4) is 0 Å². The van der Waals surface area contributed by atoms with Crippen molar-refractivity contribution in [2.24, 2.45) is 5.73 Å². The van der Waals surface area contributed by atoms with Crippen molar-refractivity contribution >= 4 is 0 Å². The monoisotopic (exact) mass is 228 g/mol. The molecule has 3 N–H and O–H groups in total. The van der Waals surface area contributed by atoms with E-state index in [-0.39, 0.29) is 18.7 Å². The van der Waals surface area contributed by atoms with Crippen molar-refractivity contribution in [3.63, 3.8) is 0 Å². The van der Waals surface area contributed by atoms with Crippen molar-refractivity contribution in [2.45, 2.75) is 70.5 Å². The third-order valence-corrected chi connectivity index (χ3v) is 3.87. The Morgan fingerprint density at radius 2 is 2.12 bits per heavy atom. The van der Waals surface area contributed by atoms with Gasteiger partial charge in [-0.25, -0.2) is 0 Å². The molecule has 96 valence electrons. The van der Waals surface area contributed by atoms with Crippen molar-refractivity contribution in [1.29, 1.82) is 0 Å². The second kappa shape index (κ2) is 7.25. The van der Waals surface area contributed by atoms with Crippen LogP contribution in [0.2, 0.25) is 0 Å². The van der Waals surface area contributed by atoms with Gasteiger partial charge in [-0.05, 0) is 32.2 Å². The molecular formula is C13H28N2O. The zero-order valence-corrected chi connectivity index (χ0v) is 10.9. The molecule has 0 aromatic heterocycles. The minimum absolute atomic E-state index is 0.113. The largest absolute Gasteiger partial charge is 0.395 e. The van der Waals surface area contributed by atoms with Crippen LogP contribution in [-0.4, -0.2) is 41.3 Å². The normalized spacial score (nSPS) is 26.6. The van der Waals surface area contributed by atoms with Gasteiger partial charge in [-0.1, -0.05) is 26.7 Å². The molecule has 3 heteroatoms. The van der Waals surface area contributed by atoms with Gasteiger partial charge in [0.25, 0.3) is 0 Å². The predicted octanol–water partition coefficient (Wildman–Crippen LogP) is 1.74. The van der Waals surface area contributed by atoms with E-state index in [0.717, 1.165) is 13.0 Å². The third kappa shape index (κ3) is 3.44. The Hall–Kier alpha value is -0.120. The summed E-state index contributed by atoms with van der Waals surface area (Å²) in [7, 11) is 0. The first-order valence-electron chi connectivity index (χ1n) is 6.86. The molecule has 1 heterocycles. The van der Waals surface area contributed by atoms with Crippen LogP contribution in [0.4, 0.5) is 0 Å². The van der Waals surface area contributed by atoms with Gasteiger partial charge in [0, 0.05) is 18.1 Å². The summed E-state index contributed by atoms with van der Waals surface area (Å²) in [4.78, 5) is 2.47. The lowest BCUT2D eigenvalue weighted by molar-refractivity contribution is 0.0388. The SMILES string of the molecule is CCCC1CCCCN1C(CO)C(N)CC. The highest BCUT2D eigenvalue weighted by atomic mass is 16.3. The molecule has 3 nitrogen and oxygen atoms in total. The lowest BCUT2D eigenvalue weighted by Crippen LogP contribution is -2.55. The van der Waals surface area contributed by atoms with Crippen molar-refractivity contribution in [3.05, 3.63) is 0 Å². The van der Waals surface area contributed by atoms with Gasteiger partial charge >= 0.3 is 0 Å². The quantitative estimate of drug-likeness (QED) is 0.728. The molecule has 3 atom stereocenters. The summed E-state index contributed by atoms with van der Waals surface area (Å²) in [5, 5.41) is 9.54. The van der Waals surface area contributed by atoms with Gasteiger partial charge in [0.15, 0.2) is 0 Å². The molecule has 0 bridgehead atoms. The maximum Gasteiger partial charge on any atom is 0.0602 e. The maximum atomic E-state index is 9.54. The molecule has 0 aromatic carbocycles. The van der Waals surface area contributed by atoms with Gasteiger partial charge in [-0.2, -0.15) is 0 Å². The third-order valence-electron chi connectivity index (χ3n) is 3.87. The highest BCUT2D eigenvalue weighted by Crippen LogP contribution is 2.24. The average Bonchev–Trinajstić information content (AvgIpc) is 2.32. The van der Waals surface area contributed by atoms with Crippen LogP contribution < -0.4 is 5.73 Å². The molecule has 3 unspecified atom stereocenters. The lowest BCUT2D eigenvalue weighted by Gasteiger charge is -2.42. The molecule has 0 amide bonds. The predicted molar refractivity (Wildman–Crippen MR) is 68.4 cm³/mol. The number of likely N-dealkylation sites (tertiary alicyclic amines) is 1. The fourth-order valence-corrected chi connectivity index (χ4v) is 2.86. The smallest absolute Gasteiger partial charge is 0.0602 e. The molecule has 1 saturated heterocycles. The van der Waals surface area contributed by atoms with Crippen LogP contribution in [0.15, 0.2) is 0 Å². The van der Waals surface area contributed by atoms with E-state index in [1.807, 2.05) is 0 Å². The van der Waals surface area contributed by atoms with E-state index in [1.165, 1.54) is 32.1 Å². The highest BCUT2D eigenvalue weighted by molar-refractivity contribution is 4.87. The number of aliphatic hydroxyl groups excluding tert-OH is 1. The highest BCUT2D eigenvalue weighted by Gasteiger charge is 2.30. The minimum atomic E-state index is 0.113. The molecule has 0 aromatic rings. The Morgan fingerprint density at radius 3 is 2.69 bits per heavy atom. The van der Waals surface area contributed by atoms with E-state index in [1.54, 1.807) is 0 Å². The number of hydrogen-bond acceptors (Lipinski definition) is 3. The van der Waals surface area contributed by atoms with Crippen LogP contribution in [-0.2, 0) is 0 Å². The van der Waals surface area contributed by atoms with E-state index < -0.39 is 0 Å². The summed E-state index contributed by atoms with van der Waals surface area (Å²) in [5.74, 6) is 0. The van der Waals surface area contributed by atoms with E-state index >= 15 is 0 Å². The topological polar surface area (TPSA) is 49.5 Å². The fourth-order valence-electron chi connectivity index (χ4n) is 2.86. The molecule has 0 aliphatic carbocycles. The van der Waals surface area contributed by atoms with E-state index in [4.69, 9.17) is 5.73 Å². The second-order valence-corrected chi connectivity index (χ2v) is 5.00. The maximum absolute atomic E-state index is 9.54. The molecule has 16 heavy (non-hydrogen) atoms. The molecule has 1 aliphatic heterocycles. The van der Waals surface area contributed by atoms with Crippen molar-refractivity contribution in [1.82, 2.24) is 4.90 Å². The van der Waals surface area contributed by atoms with Crippen LogP contribution in [0, 0.1) is 0 Å². The molecule has 0 saturated carbocycles. The summed E-state index contributed by atoms with van der Waals surface area (Å²) in [6.07, 6.45) is 7.28. The molecule has 1 aliphatic rings. The van der Waals surface area contributed by atoms with Crippen molar-refractivity contribution < 1.29 is 5.11 Å². The van der Waals surface area contributed by atoms with Gasteiger partial charge < -0.3 is 10.8 Å². The molecule has 1 fully saturated rings. The molecule has 0 radical (unpaired) electrons. The Labute approximate surface area is 100 Å². The number of nitrogens with zero attached hydrogens (tertiary/aromatic N) is 1. The minimum Gasteiger partial charge on any atom is -0.395 e. The van der Waals surface area contributed by atoms with Crippen LogP contribution in [0.3, 0.4) is 0 Å². The Bertz CT molecular complexity index is 185. The van der Waals surface area contributed by atoms with Crippen LogP contribution in [0.5, 0.6) is 0 Å². The van der Waals surface area contributed by atoms with Crippen LogP contribution >= 0.6 is 0 Å². The van der Waals surface area contributed by atoms with E-state index in [0.29, 0.717) is 6.04 Å². The number of rotatable bonds is 6. The Balaban J connectivity index is 2.63. The van der Waals surface area contributed by atoms with E-state index in [2.05, 4.69) is 18.7 Å². The van der Waals surface area contributed by atoms with Crippen molar-refractivity contribution in [2.75, 3.05) is 13.2 Å². The summed E-state index contributed by atoms with van der Waals surface area (Å²) >= 11 is 0. The lowest BCUT2D eigenvalue weighted by atomic mass is 9.93. The van der Waals surface area contributed by atoms with Gasteiger partial charge in [-0.3, -0.25) is 4.90 Å². The van der Waals surface area contributed by atoms with Crippen LogP contribution in [0.25, 0.3) is 0 Å². The number of aliphatic hydroxyl groups is 1. The molecule has 0 spiro atoms. The first-order chi connectivity index (χ1) is 7.74. The van der Waals surface area contributed by atoms with Gasteiger partial charge in [0.2, 0.25) is 0 Å². The Morgan fingerprint density at radius 1 is 1.38 bits per heavy atom. The standard InChI is InChI=1S/C13H28N2O/c1-3-7-11-8-5-6-9-15(11)13(10-16)12(14)4-2/h11-13,16H,3-10,14H2,1-2H3. The summed E-state index contributed by atoms with van der Waals surface area (Å²) < 4.78 is 0. The summed E-state index contributed by atoms with van der Waals surface area (Å²) in [5.41, 5.74) is 6.12. The van der Waals surface area contributed by atoms with Gasteiger partial charge in [0.1, 0.15) is 0 Å². The first kappa shape index (κ1) is 13.9. The fraction of sp³-hybridized carbons (Fsp3) is 1.00. The zero-order valence-electron chi connectivity index (χ0n) is 10.9. The van der Waals surface area contributed by atoms with Crippen LogP contribution in [0.1, 0.15) is 52.4 Å². The van der Waals surface area contributed by atoms with Gasteiger partial charge in [-0.15, -0.1) is 0 Å². The zero-order chi connectivity index (χ0) is 12.0. The number of nitrogens with two attached hydrogens (primary N) is 1. The first-order valence-corrected chi connectivity index (χ1v) is 6.86. The second-order valence-electron chi connectivity index (χ2n) is 5.00. The number of hydrogen-bond donors (Lipinski definition) is 2. The van der Waals surface area contributed by atoms with E-state index in [9.17, 15) is 5.11 Å². The average molecular weight is 228 g/mol. The summed E-state index contributed by atoms with van der Waals surface area (Å²) in [6, 6.07) is 0.929. The van der Waals surface area contributed by atoms with Gasteiger partial charge in [0.05, 0.1) is 6.61 Å². The Kier molecular flexibility index (Phi) is 6.32. The molecular weight excluding hydrogens is 200 g/mol. The number of piperidine rings is 1. The molecule has 1 rings (SSSR count). The summed E-state index contributed by atoms with van der Waals surface area (Å²) in [6.45, 7) is 5.66.